The Hall–Kier alpha value is 0.407. The van der Waals surface area contributed by atoms with E-state index in [0.717, 1.165) is 6.04 Å². The van der Waals surface area contributed by atoms with Gasteiger partial charge in [0, 0.05) is 12.3 Å². The van der Waals surface area contributed by atoms with Crippen LogP contribution < -0.4 is 0 Å². The van der Waals surface area contributed by atoms with E-state index in [9.17, 15) is 4.57 Å². The van der Waals surface area contributed by atoms with Crippen LogP contribution in [0.5, 0.6) is 0 Å². The zero-order valence-electron chi connectivity index (χ0n) is 10.3. The van der Waals surface area contributed by atoms with Crippen molar-refractivity contribution in [3.8, 4) is 0 Å². The molecule has 0 aromatic carbocycles. The summed E-state index contributed by atoms with van der Waals surface area (Å²) >= 11 is 0. The highest BCUT2D eigenvalue weighted by molar-refractivity contribution is 7.60. The lowest BCUT2D eigenvalue weighted by Gasteiger charge is -2.28. The lowest BCUT2D eigenvalue weighted by molar-refractivity contribution is 0.477. The molecule has 2 nitrogen and oxygen atoms in total. The van der Waals surface area contributed by atoms with E-state index in [0.29, 0.717) is 12.3 Å². The van der Waals surface area contributed by atoms with E-state index in [1.54, 1.807) is 0 Å². The highest BCUT2D eigenvalue weighted by Gasteiger charge is 2.30. The Morgan fingerprint density at radius 2 is 1.64 bits per heavy atom. The molecule has 0 aliphatic rings. The molecule has 0 fully saturated rings. The normalized spacial score (nSPS) is 13.2. The van der Waals surface area contributed by atoms with Gasteiger partial charge in [-0.05, 0) is 19.1 Å². The Balaban J connectivity index is 4.25. The third-order valence-corrected chi connectivity index (χ3v) is 9.30. The van der Waals surface area contributed by atoms with Gasteiger partial charge in [0.25, 0.3) is 0 Å². The van der Waals surface area contributed by atoms with Gasteiger partial charge in [-0.25, -0.2) is 0 Å². The SMILES string of the molecule is CCCC[Si](C)(C)OP(=O)(CC)CC. The van der Waals surface area contributed by atoms with Gasteiger partial charge < -0.3 is 4.21 Å². The maximum atomic E-state index is 12.1. The Morgan fingerprint density at radius 3 is 2.00 bits per heavy atom. The van der Waals surface area contributed by atoms with E-state index in [1.165, 1.54) is 12.8 Å². The first-order chi connectivity index (χ1) is 6.39. The molecule has 0 aromatic heterocycles. The van der Waals surface area contributed by atoms with E-state index < -0.39 is 15.7 Å². The van der Waals surface area contributed by atoms with Crippen LogP contribution >= 0.6 is 7.37 Å². The molecule has 0 bridgehead atoms. The molecule has 0 atom stereocenters. The quantitative estimate of drug-likeness (QED) is 0.486. The minimum Gasteiger partial charge on any atom is -0.370 e. The minimum atomic E-state index is -2.28. The molecule has 4 heteroatoms. The number of unbranched alkanes of at least 4 members (excludes halogenated alkanes) is 1. The molecule has 0 heterocycles. The Labute approximate surface area is 90.0 Å². The summed E-state index contributed by atoms with van der Waals surface area (Å²) in [6.45, 7) is 10.5. The highest BCUT2D eigenvalue weighted by atomic mass is 31.2. The van der Waals surface area contributed by atoms with Crippen molar-refractivity contribution < 1.29 is 8.78 Å². The van der Waals surface area contributed by atoms with Crippen LogP contribution in [-0.4, -0.2) is 20.6 Å². The van der Waals surface area contributed by atoms with Crippen molar-refractivity contribution in [3.63, 3.8) is 0 Å². The van der Waals surface area contributed by atoms with Gasteiger partial charge in [0.05, 0.1) is 0 Å². The molecule has 0 saturated heterocycles. The second-order valence-electron chi connectivity index (χ2n) is 4.40. The summed E-state index contributed by atoms with van der Waals surface area (Å²) < 4.78 is 18.1. The van der Waals surface area contributed by atoms with Crippen LogP contribution in [-0.2, 0) is 8.78 Å². The van der Waals surface area contributed by atoms with Crippen molar-refractivity contribution in [2.75, 3.05) is 12.3 Å². The van der Waals surface area contributed by atoms with Crippen molar-refractivity contribution in [2.45, 2.75) is 52.8 Å². The lowest BCUT2D eigenvalue weighted by atomic mass is 10.4. The first kappa shape index (κ1) is 14.4. The van der Waals surface area contributed by atoms with Crippen molar-refractivity contribution >= 4 is 15.7 Å². The molecule has 0 spiro atoms. The fraction of sp³-hybridized carbons (Fsp3) is 1.00. The Bertz CT molecular complexity index is 196. The van der Waals surface area contributed by atoms with Crippen molar-refractivity contribution in [1.29, 1.82) is 0 Å². The first-order valence-electron chi connectivity index (χ1n) is 5.68. The summed E-state index contributed by atoms with van der Waals surface area (Å²) in [5, 5.41) is 0. The predicted octanol–water partition coefficient (Wildman–Crippen LogP) is 4.33. The van der Waals surface area contributed by atoms with E-state index in [4.69, 9.17) is 4.21 Å². The van der Waals surface area contributed by atoms with Crippen LogP contribution in [0.15, 0.2) is 0 Å². The van der Waals surface area contributed by atoms with E-state index in [-0.39, 0.29) is 0 Å². The molecule has 86 valence electrons. The van der Waals surface area contributed by atoms with Crippen LogP contribution in [0.25, 0.3) is 0 Å². The Kier molecular flexibility index (Phi) is 6.27. The van der Waals surface area contributed by atoms with Crippen LogP contribution in [0.3, 0.4) is 0 Å². The van der Waals surface area contributed by atoms with Gasteiger partial charge in [-0.1, -0.05) is 33.6 Å². The molecule has 0 amide bonds. The van der Waals surface area contributed by atoms with Gasteiger partial charge in [0.1, 0.15) is 0 Å². The van der Waals surface area contributed by atoms with Crippen LogP contribution in [0.1, 0.15) is 33.6 Å². The smallest absolute Gasteiger partial charge is 0.195 e. The number of hydrogen-bond donors (Lipinski definition) is 0. The third-order valence-electron chi connectivity index (χ3n) is 2.51. The zero-order chi connectivity index (χ0) is 11.2. The van der Waals surface area contributed by atoms with Gasteiger partial charge in [-0.15, -0.1) is 0 Å². The van der Waals surface area contributed by atoms with E-state index in [1.807, 2.05) is 13.8 Å². The van der Waals surface area contributed by atoms with Crippen molar-refractivity contribution in [1.82, 2.24) is 0 Å². The summed E-state index contributed by atoms with van der Waals surface area (Å²) in [7, 11) is -3.95. The van der Waals surface area contributed by atoms with Crippen LogP contribution in [0, 0.1) is 0 Å². The van der Waals surface area contributed by atoms with Gasteiger partial charge in [0.2, 0.25) is 0 Å². The van der Waals surface area contributed by atoms with Gasteiger partial charge >= 0.3 is 0 Å². The standard InChI is InChI=1S/C10H25O2PSi/c1-6-9-10-14(4,5)12-13(11,7-2)8-3/h6-10H2,1-5H3. The van der Waals surface area contributed by atoms with Crippen LogP contribution in [0.4, 0.5) is 0 Å². The summed E-state index contributed by atoms with van der Waals surface area (Å²) in [5.74, 6) is 0. The molecule has 0 aliphatic heterocycles. The fourth-order valence-electron chi connectivity index (χ4n) is 1.45. The Morgan fingerprint density at radius 1 is 1.14 bits per heavy atom. The molecule has 0 rings (SSSR count). The molecule has 14 heavy (non-hydrogen) atoms. The number of rotatable bonds is 7. The average Bonchev–Trinajstić information content (AvgIpc) is 2.14. The fourth-order valence-corrected chi connectivity index (χ4v) is 8.10. The maximum Gasteiger partial charge on any atom is 0.195 e. The molecule has 0 aliphatic carbocycles. The largest absolute Gasteiger partial charge is 0.370 e. The van der Waals surface area contributed by atoms with Crippen molar-refractivity contribution in [3.05, 3.63) is 0 Å². The third kappa shape index (κ3) is 5.33. The maximum absolute atomic E-state index is 12.1. The predicted molar refractivity (Wildman–Crippen MR) is 67.0 cm³/mol. The summed E-state index contributed by atoms with van der Waals surface area (Å²) in [6, 6.07) is 1.13. The van der Waals surface area contributed by atoms with Gasteiger partial charge in [-0.3, -0.25) is 4.57 Å². The first-order valence-corrected chi connectivity index (χ1v) is 10.8. The average molecular weight is 236 g/mol. The highest BCUT2D eigenvalue weighted by Crippen LogP contribution is 2.49. The minimum absolute atomic E-state index is 0.687. The zero-order valence-corrected chi connectivity index (χ0v) is 12.2. The van der Waals surface area contributed by atoms with Gasteiger partial charge in [0.15, 0.2) is 15.7 Å². The monoisotopic (exact) mass is 236 g/mol. The topological polar surface area (TPSA) is 26.3 Å². The summed E-state index contributed by atoms with van der Waals surface area (Å²) in [4.78, 5) is 0. The van der Waals surface area contributed by atoms with E-state index in [2.05, 4.69) is 20.0 Å². The lowest BCUT2D eigenvalue weighted by Crippen LogP contribution is -2.29. The molecular weight excluding hydrogens is 211 g/mol. The molecule has 0 radical (unpaired) electrons. The van der Waals surface area contributed by atoms with Crippen molar-refractivity contribution in [2.24, 2.45) is 0 Å². The molecule has 0 N–H and O–H groups in total. The van der Waals surface area contributed by atoms with Gasteiger partial charge in [-0.2, -0.15) is 0 Å². The molecule has 0 unspecified atom stereocenters. The second-order valence-corrected chi connectivity index (χ2v) is 12.0. The van der Waals surface area contributed by atoms with Crippen LogP contribution in [0.2, 0.25) is 19.1 Å². The molecule has 0 aromatic rings. The summed E-state index contributed by atoms with van der Waals surface area (Å²) in [5.41, 5.74) is 0. The number of hydrogen-bond acceptors (Lipinski definition) is 2. The van der Waals surface area contributed by atoms with E-state index >= 15 is 0 Å². The second kappa shape index (κ2) is 6.09. The summed E-state index contributed by atoms with van der Waals surface area (Å²) in [6.07, 6.45) is 3.77. The molecule has 0 saturated carbocycles. The molecular formula is C10H25O2PSi.